The molecule has 0 aromatic heterocycles. The number of amides is 2. The predicted octanol–water partition coefficient (Wildman–Crippen LogP) is 1.78. The first-order valence-electron chi connectivity index (χ1n) is 9.37. The van der Waals surface area contributed by atoms with Crippen molar-refractivity contribution in [2.75, 3.05) is 49.7 Å². The molecule has 7 nitrogen and oxygen atoms in total. The van der Waals surface area contributed by atoms with Crippen LogP contribution in [0, 0.1) is 0 Å². The summed E-state index contributed by atoms with van der Waals surface area (Å²) in [4.78, 5) is 28.4. The third kappa shape index (κ3) is 5.01. The number of nitrogens with two attached hydrogens (primary N) is 1. The van der Waals surface area contributed by atoms with Crippen LogP contribution in [-0.4, -0.2) is 56.5 Å². The summed E-state index contributed by atoms with van der Waals surface area (Å²) >= 11 is 0. The first-order chi connectivity index (χ1) is 13.4. The summed E-state index contributed by atoms with van der Waals surface area (Å²) in [6.07, 6.45) is 0.911. The van der Waals surface area contributed by atoms with Gasteiger partial charge in [-0.2, -0.15) is 0 Å². The van der Waals surface area contributed by atoms with Crippen molar-refractivity contribution in [3.05, 3.63) is 54.1 Å². The first kappa shape index (κ1) is 19.7. The minimum Gasteiger partial charge on any atom is -0.397 e. The fourth-order valence-corrected chi connectivity index (χ4v) is 3.30. The number of anilines is 3. The molecule has 0 bridgehead atoms. The number of carbonyl (C=O) groups excluding carboxylic acids is 2. The zero-order valence-corrected chi connectivity index (χ0v) is 16.3. The van der Waals surface area contributed by atoms with Gasteiger partial charge in [0.25, 0.3) is 5.91 Å². The van der Waals surface area contributed by atoms with Crippen LogP contribution in [0.5, 0.6) is 0 Å². The van der Waals surface area contributed by atoms with Crippen LogP contribution in [0.25, 0.3) is 0 Å². The summed E-state index contributed by atoms with van der Waals surface area (Å²) in [5, 5.41) is 5.90. The van der Waals surface area contributed by atoms with Crippen LogP contribution < -0.4 is 21.3 Å². The van der Waals surface area contributed by atoms with Gasteiger partial charge < -0.3 is 26.2 Å². The van der Waals surface area contributed by atoms with E-state index >= 15 is 0 Å². The first-order valence-corrected chi connectivity index (χ1v) is 9.37. The smallest absolute Gasteiger partial charge is 0.255 e. The van der Waals surface area contributed by atoms with Gasteiger partial charge in [-0.1, -0.05) is 12.1 Å². The molecule has 2 amide bonds. The van der Waals surface area contributed by atoms with E-state index in [1.165, 1.54) is 0 Å². The minimum atomic E-state index is -0.195. The molecule has 1 heterocycles. The number of nitrogen functional groups attached to an aromatic ring is 1. The second kappa shape index (κ2) is 8.75. The van der Waals surface area contributed by atoms with E-state index in [1.807, 2.05) is 55.4 Å². The highest BCUT2D eigenvalue weighted by Gasteiger charge is 2.24. The summed E-state index contributed by atoms with van der Waals surface area (Å²) in [6.45, 7) is 2.04. The number of nitrogens with one attached hydrogen (secondary N) is 2. The maximum Gasteiger partial charge on any atom is 0.255 e. The number of nitrogens with zero attached hydrogens (tertiary/aromatic N) is 2. The highest BCUT2D eigenvalue weighted by Crippen LogP contribution is 2.22. The molecule has 7 heteroatoms. The van der Waals surface area contributed by atoms with Crippen molar-refractivity contribution in [3.63, 3.8) is 0 Å². The fraction of sp³-hybridized carbons (Fsp3) is 0.333. The zero-order valence-electron chi connectivity index (χ0n) is 16.3. The molecular formula is C21H27N5O2. The summed E-state index contributed by atoms with van der Waals surface area (Å²) in [5.41, 5.74) is 8.63. The van der Waals surface area contributed by atoms with Gasteiger partial charge in [0.05, 0.1) is 17.9 Å². The number of carbonyl (C=O) groups is 2. The van der Waals surface area contributed by atoms with Crippen molar-refractivity contribution < 1.29 is 9.59 Å². The van der Waals surface area contributed by atoms with Gasteiger partial charge in [0.2, 0.25) is 5.91 Å². The molecule has 1 fully saturated rings. The van der Waals surface area contributed by atoms with Crippen molar-refractivity contribution in [3.8, 4) is 0 Å². The van der Waals surface area contributed by atoms with Crippen molar-refractivity contribution in [1.82, 2.24) is 10.2 Å². The fourth-order valence-electron chi connectivity index (χ4n) is 3.30. The largest absolute Gasteiger partial charge is 0.397 e. The normalized spacial score (nSPS) is 16.2. The lowest BCUT2D eigenvalue weighted by molar-refractivity contribution is -0.122. The van der Waals surface area contributed by atoms with Crippen molar-refractivity contribution in [2.45, 2.75) is 12.5 Å². The Hall–Kier alpha value is -3.06. The quantitative estimate of drug-likeness (QED) is 0.664. The molecule has 1 atom stereocenters. The van der Waals surface area contributed by atoms with Crippen molar-refractivity contribution >= 4 is 28.9 Å². The summed E-state index contributed by atoms with van der Waals surface area (Å²) in [7, 11) is 3.76. The van der Waals surface area contributed by atoms with Crippen LogP contribution in [-0.2, 0) is 4.79 Å². The Morgan fingerprint density at radius 2 is 1.86 bits per heavy atom. The van der Waals surface area contributed by atoms with E-state index in [2.05, 4.69) is 15.5 Å². The standard InChI is InChI=1S/C21H27N5O2/c1-25(2)14-20(27)23-16-11-12-26(13-16)17-9-7-15(8-10-17)21(28)24-19-6-4-3-5-18(19)22/h3-10,16H,11-14,22H2,1-2H3,(H,23,27)(H,24,28)/t16-/m0/s1. The molecular weight excluding hydrogens is 354 g/mol. The van der Waals surface area contributed by atoms with Crippen LogP contribution in [0.3, 0.4) is 0 Å². The third-order valence-electron chi connectivity index (χ3n) is 4.72. The number of likely N-dealkylation sites (N-methyl/N-ethyl adjacent to an activating group) is 1. The Morgan fingerprint density at radius 1 is 1.14 bits per heavy atom. The maximum absolute atomic E-state index is 12.4. The molecule has 28 heavy (non-hydrogen) atoms. The molecule has 4 N–H and O–H groups in total. The molecule has 0 saturated carbocycles. The lowest BCUT2D eigenvalue weighted by Crippen LogP contribution is -2.41. The molecule has 1 saturated heterocycles. The van der Waals surface area contributed by atoms with Crippen LogP contribution in [0.15, 0.2) is 48.5 Å². The van der Waals surface area contributed by atoms with Gasteiger partial charge in [0.1, 0.15) is 0 Å². The minimum absolute atomic E-state index is 0.0454. The monoisotopic (exact) mass is 381 g/mol. The van der Waals surface area contributed by atoms with Gasteiger partial charge in [-0.15, -0.1) is 0 Å². The van der Waals surface area contributed by atoms with E-state index in [-0.39, 0.29) is 17.9 Å². The second-order valence-corrected chi connectivity index (χ2v) is 7.33. The van der Waals surface area contributed by atoms with Gasteiger partial charge in [0, 0.05) is 30.4 Å². The van der Waals surface area contributed by atoms with Crippen LogP contribution in [0.1, 0.15) is 16.8 Å². The average molecular weight is 381 g/mol. The molecule has 0 radical (unpaired) electrons. The van der Waals surface area contributed by atoms with E-state index < -0.39 is 0 Å². The number of rotatable bonds is 6. The lowest BCUT2D eigenvalue weighted by atomic mass is 10.1. The predicted molar refractivity (Wildman–Crippen MR) is 113 cm³/mol. The van der Waals surface area contributed by atoms with Gasteiger partial charge in [-0.25, -0.2) is 0 Å². The van der Waals surface area contributed by atoms with E-state index in [9.17, 15) is 9.59 Å². The zero-order chi connectivity index (χ0) is 20.1. The molecule has 148 valence electrons. The Kier molecular flexibility index (Phi) is 6.16. The molecule has 0 unspecified atom stereocenters. The summed E-state index contributed by atoms with van der Waals surface area (Å²) in [5.74, 6) is -0.149. The van der Waals surface area contributed by atoms with E-state index in [0.29, 0.717) is 23.5 Å². The summed E-state index contributed by atoms with van der Waals surface area (Å²) in [6, 6.07) is 14.8. The molecule has 0 aliphatic carbocycles. The van der Waals surface area contributed by atoms with Gasteiger partial charge >= 0.3 is 0 Å². The molecule has 1 aliphatic heterocycles. The molecule has 1 aliphatic rings. The Labute approximate surface area is 165 Å². The lowest BCUT2D eigenvalue weighted by Gasteiger charge is -2.20. The van der Waals surface area contributed by atoms with Gasteiger partial charge in [-0.05, 0) is 56.9 Å². The summed E-state index contributed by atoms with van der Waals surface area (Å²) < 4.78 is 0. The Morgan fingerprint density at radius 3 is 2.54 bits per heavy atom. The van der Waals surface area contributed by atoms with Crippen molar-refractivity contribution in [1.29, 1.82) is 0 Å². The Bertz CT molecular complexity index is 835. The molecule has 2 aromatic carbocycles. The SMILES string of the molecule is CN(C)CC(=O)N[C@H]1CCN(c2ccc(C(=O)Nc3ccccc3N)cc2)C1. The van der Waals surface area contributed by atoms with Gasteiger partial charge in [0.15, 0.2) is 0 Å². The molecule has 0 spiro atoms. The highest BCUT2D eigenvalue weighted by atomic mass is 16.2. The number of para-hydroxylation sites is 2. The highest BCUT2D eigenvalue weighted by molar-refractivity contribution is 6.05. The van der Waals surface area contributed by atoms with E-state index in [1.54, 1.807) is 12.1 Å². The number of benzene rings is 2. The van der Waals surface area contributed by atoms with Crippen LogP contribution in [0.4, 0.5) is 17.1 Å². The van der Waals surface area contributed by atoms with E-state index in [4.69, 9.17) is 5.73 Å². The third-order valence-corrected chi connectivity index (χ3v) is 4.72. The van der Waals surface area contributed by atoms with Crippen LogP contribution >= 0.6 is 0 Å². The van der Waals surface area contributed by atoms with Crippen molar-refractivity contribution in [2.24, 2.45) is 0 Å². The maximum atomic E-state index is 12.4. The molecule has 2 aromatic rings. The van der Waals surface area contributed by atoms with Crippen LogP contribution in [0.2, 0.25) is 0 Å². The van der Waals surface area contributed by atoms with E-state index in [0.717, 1.165) is 25.2 Å². The topological polar surface area (TPSA) is 90.7 Å². The second-order valence-electron chi connectivity index (χ2n) is 7.33. The van der Waals surface area contributed by atoms with Gasteiger partial charge in [-0.3, -0.25) is 9.59 Å². The number of hydrogen-bond donors (Lipinski definition) is 3. The Balaban J connectivity index is 1.56. The average Bonchev–Trinajstić information content (AvgIpc) is 3.11. The molecule has 3 rings (SSSR count). The number of hydrogen-bond acceptors (Lipinski definition) is 5.